The third-order valence-electron chi connectivity index (χ3n) is 8.43. The summed E-state index contributed by atoms with van der Waals surface area (Å²) in [5.41, 5.74) is 2.03. The number of hydrogen-bond donors (Lipinski definition) is 0. The Morgan fingerprint density at radius 3 is 2.16 bits per heavy atom. The van der Waals surface area contributed by atoms with E-state index in [9.17, 15) is 17.6 Å². The first-order valence-corrected chi connectivity index (χ1v) is 14.2. The molecule has 1 saturated carbocycles. The molecule has 0 N–H and O–H groups in total. The molecule has 2 aliphatic rings. The SMILES string of the molecule is CCCCC1CCC(C2CCC(COc3ccc(-c4ccc(CCC)cc4)c(F)c3F)CC2)C(F)=C1F. The summed E-state index contributed by atoms with van der Waals surface area (Å²) in [4.78, 5) is 0. The molecule has 202 valence electrons. The average molecular weight is 517 g/mol. The fraction of sp³-hybridized carbons (Fsp3) is 0.562. The number of hydrogen-bond acceptors (Lipinski definition) is 1. The lowest BCUT2D eigenvalue weighted by atomic mass is 9.71. The van der Waals surface area contributed by atoms with Crippen LogP contribution in [0.4, 0.5) is 17.6 Å². The van der Waals surface area contributed by atoms with Gasteiger partial charge in [0.2, 0.25) is 5.82 Å². The second-order valence-corrected chi connectivity index (χ2v) is 11.0. The van der Waals surface area contributed by atoms with Gasteiger partial charge in [0, 0.05) is 17.4 Å². The molecule has 37 heavy (non-hydrogen) atoms. The molecule has 1 fully saturated rings. The summed E-state index contributed by atoms with van der Waals surface area (Å²) in [6, 6.07) is 10.6. The van der Waals surface area contributed by atoms with Crippen LogP contribution in [0.15, 0.2) is 48.1 Å². The average Bonchev–Trinajstić information content (AvgIpc) is 2.92. The van der Waals surface area contributed by atoms with Crippen molar-refractivity contribution in [3.8, 4) is 16.9 Å². The highest BCUT2D eigenvalue weighted by atomic mass is 19.2. The first-order chi connectivity index (χ1) is 17.9. The quantitative estimate of drug-likeness (QED) is 0.285. The van der Waals surface area contributed by atoms with E-state index >= 15 is 0 Å². The lowest BCUT2D eigenvalue weighted by molar-refractivity contribution is 0.135. The molecular formula is C32H40F4O. The molecule has 2 aromatic carbocycles. The lowest BCUT2D eigenvalue weighted by Crippen LogP contribution is -2.28. The van der Waals surface area contributed by atoms with Crippen LogP contribution in [0.25, 0.3) is 11.1 Å². The molecule has 2 aliphatic carbocycles. The summed E-state index contributed by atoms with van der Waals surface area (Å²) < 4.78 is 64.9. The van der Waals surface area contributed by atoms with E-state index in [2.05, 4.69) is 13.8 Å². The number of aryl methyl sites for hydroxylation is 1. The standard InChI is InChI=1S/C32H40F4O/c1-3-5-7-25-16-17-26(30(34)29(25)33)24-14-10-22(11-15-24)20-37-28-19-18-27(31(35)32(28)36)23-12-8-21(6-4-2)9-13-23/h8-9,12-13,18-19,22,24-26H,3-7,10-11,14-17,20H2,1-2H3. The smallest absolute Gasteiger partial charge is 0.201 e. The van der Waals surface area contributed by atoms with Crippen LogP contribution in [-0.2, 0) is 6.42 Å². The summed E-state index contributed by atoms with van der Waals surface area (Å²) >= 11 is 0. The van der Waals surface area contributed by atoms with Crippen molar-refractivity contribution in [1.82, 2.24) is 0 Å². The van der Waals surface area contributed by atoms with E-state index in [1.165, 1.54) is 11.6 Å². The maximum Gasteiger partial charge on any atom is 0.201 e. The van der Waals surface area contributed by atoms with E-state index in [-0.39, 0.29) is 35.0 Å². The predicted octanol–water partition coefficient (Wildman–Crippen LogP) is 10.1. The largest absolute Gasteiger partial charge is 0.490 e. The van der Waals surface area contributed by atoms with Crippen LogP contribution in [0.2, 0.25) is 0 Å². The van der Waals surface area contributed by atoms with Gasteiger partial charge in [-0.1, -0.05) is 57.4 Å². The van der Waals surface area contributed by atoms with Crippen LogP contribution in [0.1, 0.15) is 83.6 Å². The highest BCUT2D eigenvalue weighted by molar-refractivity contribution is 5.65. The molecule has 2 unspecified atom stereocenters. The van der Waals surface area contributed by atoms with Gasteiger partial charge in [0.05, 0.1) is 6.61 Å². The third-order valence-corrected chi connectivity index (χ3v) is 8.43. The number of ether oxygens (including phenoxy) is 1. The predicted molar refractivity (Wildman–Crippen MR) is 142 cm³/mol. The molecule has 0 amide bonds. The van der Waals surface area contributed by atoms with Crippen molar-refractivity contribution < 1.29 is 22.3 Å². The van der Waals surface area contributed by atoms with Crippen LogP contribution >= 0.6 is 0 Å². The Balaban J connectivity index is 1.30. The zero-order valence-corrected chi connectivity index (χ0v) is 22.2. The van der Waals surface area contributed by atoms with Gasteiger partial charge in [0.25, 0.3) is 0 Å². The Bertz CT molecular complexity index is 1050. The van der Waals surface area contributed by atoms with Crippen molar-refractivity contribution in [1.29, 1.82) is 0 Å². The van der Waals surface area contributed by atoms with Gasteiger partial charge in [-0.2, -0.15) is 4.39 Å². The molecular weight excluding hydrogens is 476 g/mol. The number of rotatable bonds is 10. The number of unbranched alkanes of at least 4 members (excludes halogenated alkanes) is 1. The molecule has 0 aliphatic heterocycles. The third kappa shape index (κ3) is 6.59. The molecule has 0 heterocycles. The fourth-order valence-corrected chi connectivity index (χ4v) is 6.14. The topological polar surface area (TPSA) is 9.23 Å². The van der Waals surface area contributed by atoms with E-state index in [4.69, 9.17) is 4.74 Å². The summed E-state index contributed by atoms with van der Waals surface area (Å²) in [6.45, 7) is 4.47. The highest BCUT2D eigenvalue weighted by Crippen LogP contribution is 2.46. The minimum Gasteiger partial charge on any atom is -0.490 e. The van der Waals surface area contributed by atoms with Crippen LogP contribution in [0.5, 0.6) is 5.75 Å². The Hall–Kier alpha value is -2.30. The number of allylic oxidation sites excluding steroid dienone is 2. The maximum atomic E-state index is 14.9. The first-order valence-electron chi connectivity index (χ1n) is 14.2. The van der Waals surface area contributed by atoms with E-state index in [1.54, 1.807) is 6.07 Å². The second-order valence-electron chi connectivity index (χ2n) is 11.0. The van der Waals surface area contributed by atoms with Gasteiger partial charge in [-0.15, -0.1) is 0 Å². The maximum absolute atomic E-state index is 14.9. The molecule has 0 saturated heterocycles. The Morgan fingerprint density at radius 1 is 0.757 bits per heavy atom. The van der Waals surface area contributed by atoms with Gasteiger partial charge < -0.3 is 4.74 Å². The molecule has 0 aromatic heterocycles. The van der Waals surface area contributed by atoms with Crippen LogP contribution in [0, 0.1) is 35.3 Å². The van der Waals surface area contributed by atoms with Crippen molar-refractivity contribution >= 4 is 0 Å². The molecule has 0 radical (unpaired) electrons. The van der Waals surface area contributed by atoms with E-state index in [0.717, 1.165) is 70.6 Å². The summed E-state index contributed by atoms with van der Waals surface area (Å²) in [5, 5.41) is 0. The lowest BCUT2D eigenvalue weighted by Gasteiger charge is -2.36. The highest BCUT2D eigenvalue weighted by Gasteiger charge is 2.37. The monoisotopic (exact) mass is 516 g/mol. The summed E-state index contributed by atoms with van der Waals surface area (Å²) in [7, 11) is 0. The van der Waals surface area contributed by atoms with Gasteiger partial charge in [-0.05, 0) is 86.5 Å². The fourth-order valence-electron chi connectivity index (χ4n) is 6.14. The Morgan fingerprint density at radius 2 is 1.49 bits per heavy atom. The van der Waals surface area contributed by atoms with Crippen molar-refractivity contribution in [2.24, 2.45) is 23.7 Å². The molecule has 5 heteroatoms. The van der Waals surface area contributed by atoms with Crippen molar-refractivity contribution in [3.63, 3.8) is 0 Å². The Kier molecular flexibility index (Phi) is 9.72. The van der Waals surface area contributed by atoms with Crippen LogP contribution in [0.3, 0.4) is 0 Å². The molecule has 2 atom stereocenters. The van der Waals surface area contributed by atoms with Gasteiger partial charge >= 0.3 is 0 Å². The first kappa shape index (κ1) is 27.7. The van der Waals surface area contributed by atoms with Crippen molar-refractivity contribution in [3.05, 3.63) is 65.2 Å². The normalized spacial score (nSPS) is 24.4. The Labute approximate surface area is 219 Å². The van der Waals surface area contributed by atoms with Gasteiger partial charge in [-0.25, -0.2) is 13.2 Å². The van der Waals surface area contributed by atoms with Crippen molar-refractivity contribution in [2.75, 3.05) is 6.61 Å². The molecule has 0 bridgehead atoms. The van der Waals surface area contributed by atoms with Gasteiger partial charge in [0.15, 0.2) is 11.6 Å². The molecule has 1 nitrogen and oxygen atoms in total. The second kappa shape index (κ2) is 13.0. The van der Waals surface area contributed by atoms with Crippen molar-refractivity contribution in [2.45, 2.75) is 84.5 Å². The minimum absolute atomic E-state index is 0.0765. The van der Waals surface area contributed by atoms with Crippen LogP contribution in [-0.4, -0.2) is 6.61 Å². The molecule has 2 aromatic rings. The van der Waals surface area contributed by atoms with Gasteiger partial charge in [-0.3, -0.25) is 0 Å². The summed E-state index contributed by atoms with van der Waals surface area (Å²) in [6.07, 6.45) is 9.35. The molecule has 0 spiro atoms. The number of halogens is 4. The zero-order chi connectivity index (χ0) is 26.4. The van der Waals surface area contributed by atoms with E-state index in [1.807, 2.05) is 24.3 Å². The number of benzene rings is 2. The van der Waals surface area contributed by atoms with E-state index in [0.29, 0.717) is 12.2 Å². The van der Waals surface area contributed by atoms with E-state index < -0.39 is 23.3 Å². The molecule has 4 rings (SSSR count). The van der Waals surface area contributed by atoms with Gasteiger partial charge in [0.1, 0.15) is 11.7 Å². The minimum atomic E-state index is -0.966. The summed E-state index contributed by atoms with van der Waals surface area (Å²) in [5.74, 6) is -3.17. The zero-order valence-electron chi connectivity index (χ0n) is 22.2. The van der Waals surface area contributed by atoms with Crippen LogP contribution < -0.4 is 4.74 Å².